The van der Waals surface area contributed by atoms with Crippen LogP contribution in [0.1, 0.15) is 11.6 Å². The molecule has 2 rings (SSSR count). The van der Waals surface area contributed by atoms with E-state index in [0.29, 0.717) is 5.92 Å². The Labute approximate surface area is 70.5 Å². The van der Waals surface area contributed by atoms with E-state index in [1.807, 2.05) is 0 Å². The summed E-state index contributed by atoms with van der Waals surface area (Å²) in [6, 6.07) is 0. The van der Waals surface area contributed by atoms with E-state index in [1.54, 1.807) is 13.3 Å². The molecule has 66 valence electrons. The van der Waals surface area contributed by atoms with Crippen LogP contribution in [-0.4, -0.2) is 41.7 Å². The molecule has 1 fully saturated rings. The summed E-state index contributed by atoms with van der Waals surface area (Å²) in [6.07, 6.45) is 1.99. The Kier molecular flexibility index (Phi) is 2.05. The number of nitrogens with one attached hydrogen (secondary N) is 2. The first-order valence-corrected chi connectivity index (χ1v) is 4.01. The molecule has 0 radical (unpaired) electrons. The lowest BCUT2D eigenvalue weighted by atomic mass is 10.0. The molecule has 1 aromatic heterocycles. The lowest BCUT2D eigenvalue weighted by Gasteiger charge is -2.13. The van der Waals surface area contributed by atoms with Crippen molar-refractivity contribution in [3.63, 3.8) is 0 Å². The van der Waals surface area contributed by atoms with E-state index >= 15 is 0 Å². The highest BCUT2D eigenvalue weighted by Gasteiger charge is 2.29. The molecule has 2 N–H and O–H groups in total. The van der Waals surface area contributed by atoms with E-state index < -0.39 is 0 Å². The quantitative estimate of drug-likeness (QED) is 0.625. The minimum atomic E-state index is 0.232. The van der Waals surface area contributed by atoms with Crippen LogP contribution in [0.4, 0.5) is 0 Å². The third kappa shape index (κ3) is 1.21. The first-order chi connectivity index (χ1) is 5.92. The van der Waals surface area contributed by atoms with Gasteiger partial charge in [0.25, 0.3) is 0 Å². The topological polar surface area (TPSA) is 62.8 Å². The first kappa shape index (κ1) is 7.70. The molecule has 1 aliphatic heterocycles. The summed E-state index contributed by atoms with van der Waals surface area (Å²) < 4.78 is 5.30. The third-order valence-corrected chi connectivity index (χ3v) is 2.27. The molecule has 5 nitrogen and oxygen atoms in total. The molecule has 5 heteroatoms. The number of hydrogen-bond donors (Lipinski definition) is 2. The van der Waals surface area contributed by atoms with E-state index in [1.165, 1.54) is 0 Å². The van der Waals surface area contributed by atoms with Crippen molar-refractivity contribution in [1.82, 2.24) is 20.7 Å². The number of aromatic nitrogens is 3. The monoisotopic (exact) mass is 168 g/mol. The minimum Gasteiger partial charge on any atom is -0.379 e. The van der Waals surface area contributed by atoms with Gasteiger partial charge >= 0.3 is 0 Å². The fraction of sp³-hybridized carbons (Fsp3) is 0.714. The van der Waals surface area contributed by atoms with E-state index in [9.17, 15) is 0 Å². The van der Waals surface area contributed by atoms with E-state index in [-0.39, 0.29) is 6.10 Å². The maximum atomic E-state index is 5.30. The fourth-order valence-electron chi connectivity index (χ4n) is 1.59. The molecule has 0 spiro atoms. The molecule has 0 aliphatic carbocycles. The van der Waals surface area contributed by atoms with Gasteiger partial charge in [-0.1, -0.05) is 0 Å². The van der Waals surface area contributed by atoms with Crippen molar-refractivity contribution in [3.05, 3.63) is 11.9 Å². The summed E-state index contributed by atoms with van der Waals surface area (Å²) in [7, 11) is 1.73. The second-order valence-corrected chi connectivity index (χ2v) is 2.93. The molecular formula is C7H12N4O. The molecule has 0 aromatic carbocycles. The lowest BCUT2D eigenvalue weighted by molar-refractivity contribution is 0.104. The summed E-state index contributed by atoms with van der Waals surface area (Å²) >= 11 is 0. The van der Waals surface area contributed by atoms with Crippen LogP contribution >= 0.6 is 0 Å². The zero-order valence-corrected chi connectivity index (χ0v) is 6.95. The summed E-state index contributed by atoms with van der Waals surface area (Å²) in [4.78, 5) is 0. The maximum absolute atomic E-state index is 5.30. The summed E-state index contributed by atoms with van der Waals surface area (Å²) in [5.74, 6) is 0.341. The molecule has 12 heavy (non-hydrogen) atoms. The Balaban J connectivity index is 2.13. The van der Waals surface area contributed by atoms with Crippen LogP contribution in [0.15, 0.2) is 6.20 Å². The average Bonchev–Trinajstić information content (AvgIpc) is 2.74. The van der Waals surface area contributed by atoms with Crippen LogP contribution in [0.2, 0.25) is 0 Å². The van der Waals surface area contributed by atoms with Crippen molar-refractivity contribution in [2.45, 2.75) is 12.0 Å². The molecule has 2 atom stereocenters. The van der Waals surface area contributed by atoms with Crippen molar-refractivity contribution < 1.29 is 4.74 Å². The smallest absolute Gasteiger partial charge is 0.0894 e. The molecule has 1 saturated heterocycles. The van der Waals surface area contributed by atoms with Gasteiger partial charge in [-0.2, -0.15) is 15.4 Å². The van der Waals surface area contributed by atoms with Crippen LogP contribution in [0.25, 0.3) is 0 Å². The highest BCUT2D eigenvalue weighted by Crippen LogP contribution is 2.21. The Hall–Kier alpha value is -0.940. The van der Waals surface area contributed by atoms with Crippen molar-refractivity contribution in [2.24, 2.45) is 0 Å². The number of H-pyrrole nitrogens is 1. The number of aromatic amines is 1. The number of methoxy groups -OCH3 is 1. The highest BCUT2D eigenvalue weighted by atomic mass is 16.5. The van der Waals surface area contributed by atoms with Gasteiger partial charge in [0.05, 0.1) is 18.0 Å². The largest absolute Gasteiger partial charge is 0.379 e. The SMILES string of the molecule is CO[C@@H]1CNC[C@H]1c1cn[nH]n1. The number of rotatable bonds is 2. The van der Waals surface area contributed by atoms with Crippen molar-refractivity contribution in [1.29, 1.82) is 0 Å². The number of ether oxygens (including phenoxy) is 1. The van der Waals surface area contributed by atoms with Gasteiger partial charge in [-0.15, -0.1) is 0 Å². The van der Waals surface area contributed by atoms with Gasteiger partial charge in [0.1, 0.15) is 0 Å². The third-order valence-electron chi connectivity index (χ3n) is 2.27. The first-order valence-electron chi connectivity index (χ1n) is 4.01. The van der Waals surface area contributed by atoms with Gasteiger partial charge in [0.15, 0.2) is 0 Å². The maximum Gasteiger partial charge on any atom is 0.0894 e. The molecule has 0 unspecified atom stereocenters. The van der Waals surface area contributed by atoms with Gasteiger partial charge in [0.2, 0.25) is 0 Å². The van der Waals surface area contributed by atoms with Gasteiger partial charge in [-0.05, 0) is 0 Å². The van der Waals surface area contributed by atoms with Crippen LogP contribution in [0.3, 0.4) is 0 Å². The molecular weight excluding hydrogens is 156 g/mol. The van der Waals surface area contributed by atoms with Gasteiger partial charge in [-0.25, -0.2) is 0 Å². The summed E-state index contributed by atoms with van der Waals surface area (Å²) in [5.41, 5.74) is 0.979. The Morgan fingerprint density at radius 1 is 1.58 bits per heavy atom. The zero-order valence-electron chi connectivity index (χ0n) is 6.95. The predicted molar refractivity (Wildman–Crippen MR) is 42.8 cm³/mol. The van der Waals surface area contributed by atoms with Gasteiger partial charge in [-0.3, -0.25) is 0 Å². The van der Waals surface area contributed by atoms with Crippen molar-refractivity contribution in [3.8, 4) is 0 Å². The van der Waals surface area contributed by atoms with E-state index in [0.717, 1.165) is 18.8 Å². The lowest BCUT2D eigenvalue weighted by Crippen LogP contribution is -2.19. The molecule has 2 heterocycles. The second kappa shape index (κ2) is 3.20. The minimum absolute atomic E-state index is 0.232. The van der Waals surface area contributed by atoms with Gasteiger partial charge < -0.3 is 10.1 Å². The molecule has 0 amide bonds. The Morgan fingerprint density at radius 3 is 3.17 bits per heavy atom. The Morgan fingerprint density at radius 2 is 2.50 bits per heavy atom. The normalized spacial score (nSPS) is 29.4. The molecule has 1 aromatic rings. The fourth-order valence-corrected chi connectivity index (χ4v) is 1.59. The van der Waals surface area contributed by atoms with Crippen LogP contribution in [-0.2, 0) is 4.74 Å². The predicted octanol–water partition coefficient (Wildman–Crippen LogP) is -0.494. The number of nitrogens with zero attached hydrogens (tertiary/aromatic N) is 2. The van der Waals surface area contributed by atoms with E-state index in [4.69, 9.17) is 4.74 Å². The van der Waals surface area contributed by atoms with E-state index in [2.05, 4.69) is 20.7 Å². The zero-order chi connectivity index (χ0) is 8.39. The average molecular weight is 168 g/mol. The van der Waals surface area contributed by atoms with Crippen molar-refractivity contribution in [2.75, 3.05) is 20.2 Å². The highest BCUT2D eigenvalue weighted by molar-refractivity contribution is 5.08. The number of hydrogen-bond acceptors (Lipinski definition) is 4. The van der Waals surface area contributed by atoms with Crippen LogP contribution in [0.5, 0.6) is 0 Å². The molecule has 1 aliphatic rings. The Bertz CT molecular complexity index is 236. The van der Waals surface area contributed by atoms with Gasteiger partial charge in [0, 0.05) is 26.1 Å². The summed E-state index contributed by atoms with van der Waals surface area (Å²) in [6.45, 7) is 1.82. The molecule has 0 bridgehead atoms. The summed E-state index contributed by atoms with van der Waals surface area (Å²) in [5, 5.41) is 13.7. The second-order valence-electron chi connectivity index (χ2n) is 2.93. The van der Waals surface area contributed by atoms with Crippen LogP contribution < -0.4 is 5.32 Å². The van der Waals surface area contributed by atoms with Crippen molar-refractivity contribution >= 4 is 0 Å². The van der Waals surface area contributed by atoms with Crippen LogP contribution in [0, 0.1) is 0 Å². The standard InChI is InChI=1S/C7H12N4O/c1-12-7-4-8-2-5(7)6-3-9-11-10-6/h3,5,7-8H,2,4H2,1H3,(H,9,10,11)/t5-,7+/m0/s1. The molecule has 0 saturated carbocycles.